The molecule has 0 aliphatic rings. The molecule has 4 aromatic carbocycles. The van der Waals surface area contributed by atoms with E-state index in [4.69, 9.17) is 0 Å². The van der Waals surface area contributed by atoms with Gasteiger partial charge in [-0.05, 0) is 51.2 Å². The summed E-state index contributed by atoms with van der Waals surface area (Å²) in [5.41, 5.74) is 4.90. The standard InChI is InChI=1S/C27H27N3O3S/c1-19(2)20-12-14-23(15-13-20)30(34(3,32)33)18-27(31)29-28-17-26-24-10-6-4-8-21(24)16-22-9-5-7-11-25(22)26/h4-17,19H,18H2,1-3H3,(H,29,31). The average Bonchev–Trinajstić information content (AvgIpc) is 2.81. The Balaban J connectivity index is 1.57. The molecular formula is C27H27N3O3S. The van der Waals surface area contributed by atoms with Gasteiger partial charge in [-0.1, -0.05) is 74.5 Å². The molecule has 0 bridgehead atoms. The Labute approximate surface area is 200 Å². The zero-order valence-electron chi connectivity index (χ0n) is 19.4. The largest absolute Gasteiger partial charge is 0.271 e. The lowest BCUT2D eigenvalue weighted by molar-refractivity contribution is -0.119. The smallest absolute Gasteiger partial charge is 0.260 e. The number of carbonyl (C=O) groups is 1. The summed E-state index contributed by atoms with van der Waals surface area (Å²) in [6.45, 7) is 3.76. The van der Waals surface area contributed by atoms with Crippen LogP contribution in [0.5, 0.6) is 0 Å². The van der Waals surface area contributed by atoms with Crippen molar-refractivity contribution >= 4 is 49.4 Å². The minimum atomic E-state index is -3.66. The number of amides is 1. The number of hydrogen-bond donors (Lipinski definition) is 1. The number of anilines is 1. The number of carbonyl (C=O) groups excluding carboxylic acids is 1. The van der Waals surface area contributed by atoms with Crippen molar-refractivity contribution in [1.29, 1.82) is 0 Å². The second-order valence-electron chi connectivity index (χ2n) is 8.54. The molecule has 0 aromatic heterocycles. The van der Waals surface area contributed by atoms with Crippen LogP contribution in [-0.4, -0.2) is 33.3 Å². The molecule has 1 amide bonds. The van der Waals surface area contributed by atoms with Gasteiger partial charge in [0, 0.05) is 5.56 Å². The van der Waals surface area contributed by atoms with Crippen LogP contribution in [0.1, 0.15) is 30.9 Å². The maximum Gasteiger partial charge on any atom is 0.260 e. The van der Waals surface area contributed by atoms with Gasteiger partial charge in [-0.3, -0.25) is 9.10 Å². The van der Waals surface area contributed by atoms with E-state index in [2.05, 4.69) is 30.4 Å². The second-order valence-corrected chi connectivity index (χ2v) is 10.4. The Morgan fingerprint density at radius 2 is 1.50 bits per heavy atom. The number of hydrogen-bond acceptors (Lipinski definition) is 4. The summed E-state index contributed by atoms with van der Waals surface area (Å²) in [6, 6.07) is 25.3. The molecule has 0 saturated heterocycles. The second kappa shape index (κ2) is 9.65. The molecule has 34 heavy (non-hydrogen) atoms. The first-order valence-corrected chi connectivity index (χ1v) is 12.9. The summed E-state index contributed by atoms with van der Waals surface area (Å²) in [4.78, 5) is 12.6. The minimum Gasteiger partial charge on any atom is -0.271 e. The molecule has 0 radical (unpaired) electrons. The summed E-state index contributed by atoms with van der Waals surface area (Å²) >= 11 is 0. The maximum absolute atomic E-state index is 12.6. The predicted molar refractivity (Wildman–Crippen MR) is 140 cm³/mol. The number of hydrazone groups is 1. The van der Waals surface area contributed by atoms with E-state index in [1.807, 2.05) is 60.7 Å². The zero-order chi connectivity index (χ0) is 24.3. The number of nitrogens with zero attached hydrogens (tertiary/aromatic N) is 2. The Kier molecular flexibility index (Phi) is 6.65. The monoisotopic (exact) mass is 473 g/mol. The van der Waals surface area contributed by atoms with Crippen LogP contribution in [0.15, 0.2) is 84.0 Å². The highest BCUT2D eigenvalue weighted by Crippen LogP contribution is 2.27. The molecule has 0 spiro atoms. The summed E-state index contributed by atoms with van der Waals surface area (Å²) in [7, 11) is -3.66. The highest BCUT2D eigenvalue weighted by Gasteiger charge is 2.21. The quantitative estimate of drug-likeness (QED) is 0.232. The average molecular weight is 474 g/mol. The lowest BCUT2D eigenvalue weighted by atomic mass is 9.97. The number of fused-ring (bicyclic) bond motifs is 2. The molecule has 4 rings (SSSR count). The van der Waals surface area contributed by atoms with Crippen molar-refractivity contribution in [2.24, 2.45) is 5.10 Å². The summed E-state index contributed by atoms with van der Waals surface area (Å²) in [6.07, 6.45) is 2.70. The fourth-order valence-corrected chi connectivity index (χ4v) is 4.80. The molecule has 0 aliphatic heterocycles. The van der Waals surface area contributed by atoms with E-state index < -0.39 is 15.9 Å². The molecule has 0 aliphatic carbocycles. The fraction of sp³-hybridized carbons (Fsp3) is 0.185. The molecule has 0 atom stereocenters. The van der Waals surface area contributed by atoms with Gasteiger partial charge in [0.2, 0.25) is 10.0 Å². The maximum atomic E-state index is 12.6. The van der Waals surface area contributed by atoms with Crippen LogP contribution < -0.4 is 9.73 Å². The van der Waals surface area contributed by atoms with Crippen molar-refractivity contribution in [1.82, 2.24) is 5.43 Å². The third-order valence-electron chi connectivity index (χ3n) is 5.73. The van der Waals surface area contributed by atoms with Crippen molar-refractivity contribution in [2.45, 2.75) is 19.8 Å². The fourth-order valence-electron chi connectivity index (χ4n) is 3.95. The number of nitrogens with one attached hydrogen (secondary N) is 1. The number of rotatable bonds is 7. The van der Waals surface area contributed by atoms with E-state index in [0.717, 1.165) is 43.2 Å². The predicted octanol–water partition coefficient (Wildman–Crippen LogP) is 5.03. The van der Waals surface area contributed by atoms with Gasteiger partial charge >= 0.3 is 0 Å². The molecule has 4 aromatic rings. The first-order valence-electron chi connectivity index (χ1n) is 11.0. The van der Waals surface area contributed by atoms with E-state index in [1.165, 1.54) is 0 Å². The number of benzene rings is 4. The highest BCUT2D eigenvalue weighted by molar-refractivity contribution is 7.92. The lowest BCUT2D eigenvalue weighted by Gasteiger charge is -2.21. The molecule has 0 saturated carbocycles. The van der Waals surface area contributed by atoms with Gasteiger partial charge in [0.25, 0.3) is 5.91 Å². The topological polar surface area (TPSA) is 78.8 Å². The van der Waals surface area contributed by atoms with Crippen LogP contribution in [0.3, 0.4) is 0 Å². The first kappa shape index (κ1) is 23.4. The van der Waals surface area contributed by atoms with Gasteiger partial charge in [0.05, 0.1) is 18.2 Å². The van der Waals surface area contributed by atoms with Crippen molar-refractivity contribution < 1.29 is 13.2 Å². The Hall–Kier alpha value is -3.71. The van der Waals surface area contributed by atoms with Crippen LogP contribution >= 0.6 is 0 Å². The molecule has 0 fully saturated rings. The Bertz CT molecular complexity index is 1420. The van der Waals surface area contributed by atoms with Gasteiger partial charge in [0.15, 0.2) is 0 Å². The van der Waals surface area contributed by atoms with Crippen LogP contribution in [-0.2, 0) is 14.8 Å². The van der Waals surface area contributed by atoms with E-state index in [1.54, 1.807) is 18.3 Å². The molecule has 6 nitrogen and oxygen atoms in total. The van der Waals surface area contributed by atoms with Gasteiger partial charge in [-0.15, -0.1) is 0 Å². The molecule has 7 heteroatoms. The van der Waals surface area contributed by atoms with Crippen LogP contribution in [0.25, 0.3) is 21.5 Å². The van der Waals surface area contributed by atoms with Crippen molar-refractivity contribution in [2.75, 3.05) is 17.1 Å². The third-order valence-corrected chi connectivity index (χ3v) is 6.87. The summed E-state index contributed by atoms with van der Waals surface area (Å²) < 4.78 is 25.8. The summed E-state index contributed by atoms with van der Waals surface area (Å²) in [5.74, 6) is -0.206. The Morgan fingerprint density at radius 1 is 0.941 bits per heavy atom. The molecule has 0 heterocycles. The highest BCUT2D eigenvalue weighted by atomic mass is 32.2. The van der Waals surface area contributed by atoms with E-state index >= 15 is 0 Å². The van der Waals surface area contributed by atoms with Crippen molar-refractivity contribution in [3.05, 3.63) is 90.0 Å². The van der Waals surface area contributed by atoms with E-state index in [9.17, 15) is 13.2 Å². The van der Waals surface area contributed by atoms with E-state index in [0.29, 0.717) is 11.6 Å². The molecular weight excluding hydrogens is 446 g/mol. The molecule has 0 unspecified atom stereocenters. The van der Waals surface area contributed by atoms with Crippen LogP contribution in [0.4, 0.5) is 5.69 Å². The summed E-state index contributed by atoms with van der Waals surface area (Å²) in [5, 5.41) is 8.34. The van der Waals surface area contributed by atoms with Gasteiger partial charge in [-0.2, -0.15) is 5.10 Å². The first-order chi connectivity index (χ1) is 16.2. The van der Waals surface area contributed by atoms with Crippen LogP contribution in [0.2, 0.25) is 0 Å². The number of sulfonamides is 1. The SMILES string of the molecule is CC(C)c1ccc(N(CC(=O)NN=Cc2c3ccccc3cc3ccccc23)S(C)(=O)=O)cc1. The third kappa shape index (κ3) is 5.10. The molecule has 1 N–H and O–H groups in total. The lowest BCUT2D eigenvalue weighted by Crippen LogP contribution is -2.39. The minimum absolute atomic E-state index is 0.323. The van der Waals surface area contributed by atoms with Gasteiger partial charge in [-0.25, -0.2) is 13.8 Å². The normalized spacial score (nSPS) is 12.0. The van der Waals surface area contributed by atoms with Gasteiger partial charge < -0.3 is 0 Å². The zero-order valence-corrected chi connectivity index (χ0v) is 20.2. The molecule has 174 valence electrons. The van der Waals surface area contributed by atoms with Gasteiger partial charge in [0.1, 0.15) is 6.54 Å². The Morgan fingerprint density at radius 3 is 2.03 bits per heavy atom. The van der Waals surface area contributed by atoms with E-state index in [-0.39, 0.29) is 6.54 Å². The van der Waals surface area contributed by atoms with Crippen molar-refractivity contribution in [3.8, 4) is 0 Å². The van der Waals surface area contributed by atoms with Crippen molar-refractivity contribution in [3.63, 3.8) is 0 Å². The van der Waals surface area contributed by atoms with Crippen LogP contribution in [0, 0.1) is 0 Å².